The highest BCUT2D eigenvalue weighted by atomic mass is 28.3. The van der Waals surface area contributed by atoms with Crippen molar-refractivity contribution >= 4 is 8.07 Å². The van der Waals surface area contributed by atoms with Crippen LogP contribution >= 0.6 is 0 Å². The van der Waals surface area contributed by atoms with Crippen LogP contribution in [-0.4, -0.2) is 19.8 Å². The van der Waals surface area contributed by atoms with Crippen molar-refractivity contribution in [3.8, 4) is 11.8 Å². The molecule has 0 aliphatic rings. The molecule has 0 radical (unpaired) electrons. The molecular weight excluding hydrogens is 152 g/mol. The lowest BCUT2D eigenvalue weighted by Crippen LogP contribution is -2.17. The molecule has 2 heteroatoms. The van der Waals surface area contributed by atoms with Gasteiger partial charge in [-0.1, -0.05) is 19.6 Å². The standard InChI is InChI=1S/C9H18OSi/c1-11(2,3)9-7-5-4-6-8-10/h10H,4,6,8-9H2,1-3H3. The number of aliphatic hydroxyl groups excluding tert-OH is 1. The van der Waals surface area contributed by atoms with Gasteiger partial charge in [0, 0.05) is 19.1 Å². The summed E-state index contributed by atoms with van der Waals surface area (Å²) in [5, 5.41) is 8.47. The van der Waals surface area contributed by atoms with E-state index in [4.69, 9.17) is 5.11 Å². The molecule has 0 amide bonds. The van der Waals surface area contributed by atoms with Crippen LogP contribution in [0.5, 0.6) is 0 Å². The summed E-state index contributed by atoms with van der Waals surface area (Å²) in [4.78, 5) is 0. The van der Waals surface area contributed by atoms with Crippen LogP contribution < -0.4 is 0 Å². The largest absolute Gasteiger partial charge is 0.396 e. The fraction of sp³-hybridized carbons (Fsp3) is 0.778. The highest BCUT2D eigenvalue weighted by molar-refractivity contribution is 6.76. The molecule has 0 saturated heterocycles. The first-order valence-corrected chi connectivity index (χ1v) is 7.83. The van der Waals surface area contributed by atoms with Crippen LogP contribution in [0.2, 0.25) is 25.7 Å². The zero-order valence-corrected chi connectivity index (χ0v) is 8.78. The molecule has 0 fully saturated rings. The Morgan fingerprint density at radius 3 is 2.27 bits per heavy atom. The quantitative estimate of drug-likeness (QED) is 0.391. The third kappa shape index (κ3) is 9.74. The first-order chi connectivity index (χ1) is 5.06. The number of hydrogen-bond acceptors (Lipinski definition) is 1. The topological polar surface area (TPSA) is 20.2 Å². The lowest BCUT2D eigenvalue weighted by molar-refractivity contribution is 0.290. The Morgan fingerprint density at radius 2 is 1.82 bits per heavy atom. The second kappa shape index (κ2) is 5.40. The molecule has 0 aromatic rings. The second-order valence-electron chi connectivity index (χ2n) is 3.92. The highest BCUT2D eigenvalue weighted by Crippen LogP contribution is 2.05. The summed E-state index contributed by atoms with van der Waals surface area (Å²) in [5.41, 5.74) is 0. The number of aliphatic hydroxyl groups is 1. The van der Waals surface area contributed by atoms with Crippen LogP contribution in [0.3, 0.4) is 0 Å². The van der Waals surface area contributed by atoms with Gasteiger partial charge in [0.2, 0.25) is 0 Å². The van der Waals surface area contributed by atoms with Gasteiger partial charge < -0.3 is 5.11 Å². The smallest absolute Gasteiger partial charge is 0.0573 e. The van der Waals surface area contributed by atoms with Gasteiger partial charge in [-0.05, 0) is 6.42 Å². The molecule has 1 nitrogen and oxygen atoms in total. The van der Waals surface area contributed by atoms with Crippen molar-refractivity contribution < 1.29 is 5.11 Å². The molecule has 0 aromatic carbocycles. The van der Waals surface area contributed by atoms with E-state index in [2.05, 4.69) is 31.5 Å². The average molecular weight is 170 g/mol. The van der Waals surface area contributed by atoms with Gasteiger partial charge >= 0.3 is 0 Å². The minimum atomic E-state index is -0.954. The van der Waals surface area contributed by atoms with Crippen LogP contribution in [0.4, 0.5) is 0 Å². The molecule has 0 heterocycles. The zero-order chi connectivity index (χ0) is 8.74. The molecule has 0 saturated carbocycles. The first kappa shape index (κ1) is 10.7. The third-order valence-electron chi connectivity index (χ3n) is 1.20. The molecule has 0 unspecified atom stereocenters. The molecule has 0 aliphatic heterocycles. The Hall–Kier alpha value is -0.263. The maximum absolute atomic E-state index is 8.47. The summed E-state index contributed by atoms with van der Waals surface area (Å²) in [6, 6.07) is 1.08. The van der Waals surface area contributed by atoms with Gasteiger partial charge in [0.05, 0.1) is 8.07 Å². The van der Waals surface area contributed by atoms with Crippen LogP contribution in [0, 0.1) is 11.8 Å². The number of unbranched alkanes of at least 4 members (excludes halogenated alkanes) is 1. The van der Waals surface area contributed by atoms with Gasteiger partial charge in [0.1, 0.15) is 0 Å². The van der Waals surface area contributed by atoms with Crippen molar-refractivity contribution in [1.82, 2.24) is 0 Å². The van der Waals surface area contributed by atoms with Crippen molar-refractivity contribution in [3.63, 3.8) is 0 Å². The molecule has 0 aliphatic carbocycles. The van der Waals surface area contributed by atoms with Gasteiger partial charge in [0.15, 0.2) is 0 Å². The van der Waals surface area contributed by atoms with Gasteiger partial charge in [-0.15, -0.1) is 11.8 Å². The molecule has 0 spiro atoms. The highest BCUT2D eigenvalue weighted by Gasteiger charge is 2.09. The SMILES string of the molecule is C[Si](C)(C)CC#CCCCO. The van der Waals surface area contributed by atoms with Crippen LogP contribution in [-0.2, 0) is 0 Å². The van der Waals surface area contributed by atoms with E-state index in [-0.39, 0.29) is 6.61 Å². The van der Waals surface area contributed by atoms with Crippen molar-refractivity contribution in [3.05, 3.63) is 0 Å². The molecule has 11 heavy (non-hydrogen) atoms. The van der Waals surface area contributed by atoms with Crippen LogP contribution in [0.1, 0.15) is 12.8 Å². The summed E-state index contributed by atoms with van der Waals surface area (Å²) in [6.45, 7) is 7.21. The van der Waals surface area contributed by atoms with Gasteiger partial charge in [-0.3, -0.25) is 0 Å². The van der Waals surface area contributed by atoms with Crippen LogP contribution in [0.15, 0.2) is 0 Å². The van der Waals surface area contributed by atoms with E-state index in [1.54, 1.807) is 0 Å². The predicted octanol–water partition coefficient (Wildman–Crippen LogP) is 2.10. The van der Waals surface area contributed by atoms with Crippen molar-refractivity contribution in [2.45, 2.75) is 38.5 Å². The van der Waals surface area contributed by atoms with Crippen LogP contribution in [0.25, 0.3) is 0 Å². The summed E-state index contributed by atoms with van der Waals surface area (Å²) in [7, 11) is -0.954. The lowest BCUT2D eigenvalue weighted by atomic mass is 10.3. The fourth-order valence-electron chi connectivity index (χ4n) is 0.583. The Bertz CT molecular complexity index is 147. The molecular formula is C9H18OSi. The van der Waals surface area contributed by atoms with E-state index >= 15 is 0 Å². The van der Waals surface area contributed by atoms with Crippen molar-refractivity contribution in [1.29, 1.82) is 0 Å². The van der Waals surface area contributed by atoms with E-state index in [9.17, 15) is 0 Å². The number of rotatable bonds is 3. The summed E-state index contributed by atoms with van der Waals surface area (Å²) in [6.07, 6.45) is 1.67. The van der Waals surface area contributed by atoms with Crippen molar-refractivity contribution in [2.24, 2.45) is 0 Å². The van der Waals surface area contributed by atoms with E-state index in [1.165, 1.54) is 0 Å². The molecule has 0 bridgehead atoms. The predicted molar refractivity (Wildman–Crippen MR) is 52.2 cm³/mol. The molecule has 1 N–H and O–H groups in total. The summed E-state index contributed by atoms with van der Waals surface area (Å²) >= 11 is 0. The van der Waals surface area contributed by atoms with Gasteiger partial charge in [-0.2, -0.15) is 0 Å². The molecule has 0 atom stereocenters. The summed E-state index contributed by atoms with van der Waals surface area (Å²) in [5.74, 6) is 6.23. The first-order valence-electron chi connectivity index (χ1n) is 4.13. The van der Waals surface area contributed by atoms with Gasteiger partial charge in [-0.25, -0.2) is 0 Å². The monoisotopic (exact) mass is 170 g/mol. The minimum absolute atomic E-state index is 0.266. The number of hydrogen-bond donors (Lipinski definition) is 1. The Kier molecular flexibility index (Phi) is 5.27. The Morgan fingerprint density at radius 1 is 1.18 bits per heavy atom. The molecule has 0 aromatic heterocycles. The second-order valence-corrected chi connectivity index (χ2v) is 9.39. The maximum Gasteiger partial charge on any atom is 0.0573 e. The Labute approximate surface area is 70.8 Å². The maximum atomic E-state index is 8.47. The van der Waals surface area contributed by atoms with E-state index in [1.807, 2.05) is 0 Å². The minimum Gasteiger partial charge on any atom is -0.396 e. The normalized spacial score (nSPS) is 10.5. The average Bonchev–Trinajstić information content (AvgIpc) is 1.85. The van der Waals surface area contributed by atoms with E-state index in [0.717, 1.165) is 18.9 Å². The fourth-order valence-corrected chi connectivity index (χ4v) is 1.24. The van der Waals surface area contributed by atoms with Crippen molar-refractivity contribution in [2.75, 3.05) is 6.61 Å². The van der Waals surface area contributed by atoms with E-state index in [0.29, 0.717) is 0 Å². The van der Waals surface area contributed by atoms with E-state index < -0.39 is 8.07 Å². The summed E-state index contributed by atoms with van der Waals surface area (Å²) < 4.78 is 0. The third-order valence-corrected chi connectivity index (χ3v) is 2.44. The van der Waals surface area contributed by atoms with Gasteiger partial charge in [0.25, 0.3) is 0 Å². The lowest BCUT2D eigenvalue weighted by Gasteiger charge is -2.09. The molecule has 64 valence electrons. The molecule has 0 rings (SSSR count). The zero-order valence-electron chi connectivity index (χ0n) is 7.78. The Balaban J connectivity index is 3.41.